The molecule has 5 rings (SSSR count). The predicted molar refractivity (Wildman–Crippen MR) is 114 cm³/mol. The Morgan fingerprint density at radius 2 is 1.76 bits per heavy atom. The summed E-state index contributed by atoms with van der Waals surface area (Å²) in [7, 11) is 0. The van der Waals surface area contributed by atoms with E-state index in [1.165, 1.54) is 23.3 Å². The number of morpholine rings is 1. The van der Waals surface area contributed by atoms with Gasteiger partial charge in [-0.2, -0.15) is 13.2 Å². The van der Waals surface area contributed by atoms with E-state index in [1.807, 2.05) is 0 Å². The molecule has 3 aromatic heterocycles. The molecule has 0 aliphatic carbocycles. The maximum atomic E-state index is 13.6. The van der Waals surface area contributed by atoms with Crippen LogP contribution >= 0.6 is 0 Å². The zero-order valence-electron chi connectivity index (χ0n) is 17.7. The number of rotatable bonds is 4. The second-order valence-electron chi connectivity index (χ2n) is 7.57. The van der Waals surface area contributed by atoms with Gasteiger partial charge in [-0.15, -0.1) is 0 Å². The van der Waals surface area contributed by atoms with Gasteiger partial charge in [-0.25, -0.2) is 9.97 Å². The third-order valence-electron chi connectivity index (χ3n) is 5.39. The van der Waals surface area contributed by atoms with Crippen LogP contribution in [0.15, 0.2) is 65.7 Å². The summed E-state index contributed by atoms with van der Waals surface area (Å²) in [6.07, 6.45) is -0.551. The van der Waals surface area contributed by atoms with Crippen LogP contribution in [0.4, 0.5) is 13.2 Å². The van der Waals surface area contributed by atoms with Gasteiger partial charge >= 0.3 is 6.18 Å². The number of carbonyl (C=O) groups excluding carboxylic acids is 1. The molecule has 0 bridgehead atoms. The highest BCUT2D eigenvalue weighted by Gasteiger charge is 2.41. The van der Waals surface area contributed by atoms with Crippen LogP contribution in [0.5, 0.6) is 0 Å². The Bertz CT molecular complexity index is 1290. The van der Waals surface area contributed by atoms with Gasteiger partial charge in [0.15, 0.2) is 0 Å². The van der Waals surface area contributed by atoms with Crippen LogP contribution < -0.4 is 0 Å². The van der Waals surface area contributed by atoms with Gasteiger partial charge in [-0.3, -0.25) is 9.36 Å². The number of pyridine rings is 1. The Morgan fingerprint density at radius 3 is 2.44 bits per heavy atom. The van der Waals surface area contributed by atoms with E-state index >= 15 is 0 Å². The highest BCUT2D eigenvalue weighted by molar-refractivity contribution is 5.94. The molecule has 8 nitrogen and oxygen atoms in total. The molecule has 1 aliphatic heterocycles. The molecule has 0 N–H and O–H groups in total. The first-order chi connectivity index (χ1) is 16.4. The van der Waals surface area contributed by atoms with Crippen LogP contribution in [-0.4, -0.2) is 56.8 Å². The van der Waals surface area contributed by atoms with Gasteiger partial charge in [0.05, 0.1) is 30.0 Å². The van der Waals surface area contributed by atoms with Gasteiger partial charge < -0.3 is 14.2 Å². The monoisotopic (exact) mass is 469 g/mol. The Hall–Kier alpha value is -3.99. The van der Waals surface area contributed by atoms with Crippen molar-refractivity contribution < 1.29 is 27.2 Å². The molecule has 0 spiro atoms. The molecule has 0 atom stereocenters. The summed E-state index contributed by atoms with van der Waals surface area (Å²) in [5.41, 5.74) is 0.697. The second-order valence-corrected chi connectivity index (χ2v) is 7.57. The van der Waals surface area contributed by atoms with Crippen molar-refractivity contribution in [1.82, 2.24) is 24.6 Å². The minimum absolute atomic E-state index is 0.0303. The first-order valence-electron chi connectivity index (χ1n) is 10.4. The number of aromatic nitrogens is 4. The summed E-state index contributed by atoms with van der Waals surface area (Å²) >= 11 is 0. The minimum atomic E-state index is -4.75. The fraction of sp³-hybridized carbons (Fsp3) is 0.217. The molecule has 0 unspecified atom stereocenters. The van der Waals surface area contributed by atoms with Gasteiger partial charge in [0, 0.05) is 31.0 Å². The maximum absolute atomic E-state index is 13.6. The van der Waals surface area contributed by atoms with Crippen LogP contribution in [0.2, 0.25) is 0 Å². The third kappa shape index (κ3) is 4.17. The Kier molecular flexibility index (Phi) is 5.62. The number of hydrogen-bond donors (Lipinski definition) is 0. The number of halogens is 3. The van der Waals surface area contributed by atoms with Crippen LogP contribution in [0.1, 0.15) is 16.1 Å². The zero-order valence-corrected chi connectivity index (χ0v) is 17.7. The second kappa shape index (κ2) is 8.75. The number of benzene rings is 1. The minimum Gasteiger partial charge on any atom is -0.378 e. The molecule has 34 heavy (non-hydrogen) atoms. The lowest BCUT2D eigenvalue weighted by Crippen LogP contribution is -2.40. The number of alkyl halides is 3. The molecule has 0 radical (unpaired) electrons. The van der Waals surface area contributed by atoms with E-state index in [1.54, 1.807) is 47.4 Å². The molecule has 1 fully saturated rings. The highest BCUT2D eigenvalue weighted by atomic mass is 19.4. The van der Waals surface area contributed by atoms with Gasteiger partial charge in [-0.1, -0.05) is 35.5 Å². The lowest BCUT2D eigenvalue weighted by Gasteiger charge is -2.26. The molecular formula is C23H18F3N5O3. The standard InChI is InChI=1S/C23H18F3N5O3/c24-23(25,26)21-19(20(29-34-21)15-4-2-1-3-5-15)17-13-31(14-28-17)18-7-6-16(12-27-18)22(32)30-8-10-33-11-9-30/h1-7,12-14H,8-11H2. The largest absolute Gasteiger partial charge is 0.453 e. The number of carbonyl (C=O) groups is 1. The summed E-state index contributed by atoms with van der Waals surface area (Å²) in [6.45, 7) is 2.00. The highest BCUT2D eigenvalue weighted by Crippen LogP contribution is 2.42. The fourth-order valence-corrected chi connectivity index (χ4v) is 3.71. The smallest absolute Gasteiger partial charge is 0.378 e. The van der Waals surface area contributed by atoms with Crippen molar-refractivity contribution in [1.29, 1.82) is 0 Å². The summed E-state index contributed by atoms with van der Waals surface area (Å²) in [6, 6.07) is 11.7. The molecule has 1 aromatic carbocycles. The molecule has 174 valence electrons. The summed E-state index contributed by atoms with van der Waals surface area (Å²) in [4.78, 5) is 22.7. The fourth-order valence-electron chi connectivity index (χ4n) is 3.71. The van der Waals surface area contributed by atoms with E-state index in [2.05, 4.69) is 15.1 Å². The topological polar surface area (TPSA) is 86.3 Å². The molecular weight excluding hydrogens is 451 g/mol. The first-order valence-corrected chi connectivity index (χ1v) is 10.4. The van der Waals surface area contributed by atoms with E-state index in [9.17, 15) is 18.0 Å². The van der Waals surface area contributed by atoms with Crippen molar-refractivity contribution in [3.05, 3.63) is 72.5 Å². The number of ether oxygens (including phenoxy) is 1. The predicted octanol–water partition coefficient (Wildman–Crippen LogP) is 4.08. The molecule has 1 aliphatic rings. The van der Waals surface area contributed by atoms with Crippen molar-refractivity contribution in [2.24, 2.45) is 0 Å². The average molecular weight is 469 g/mol. The van der Waals surface area contributed by atoms with Crippen molar-refractivity contribution >= 4 is 5.91 Å². The van der Waals surface area contributed by atoms with Crippen LogP contribution in [0.25, 0.3) is 28.3 Å². The molecule has 1 amide bonds. The van der Waals surface area contributed by atoms with Gasteiger partial charge in [0.25, 0.3) is 5.91 Å². The normalized spacial score (nSPS) is 14.4. The van der Waals surface area contributed by atoms with Gasteiger partial charge in [-0.05, 0) is 12.1 Å². The quantitative estimate of drug-likeness (QED) is 0.448. The van der Waals surface area contributed by atoms with Gasteiger partial charge in [0.2, 0.25) is 5.76 Å². The van der Waals surface area contributed by atoms with E-state index in [0.717, 1.165) is 0 Å². The molecule has 4 aromatic rings. The van der Waals surface area contributed by atoms with E-state index in [0.29, 0.717) is 43.2 Å². The third-order valence-corrected chi connectivity index (χ3v) is 5.39. The molecule has 11 heteroatoms. The number of hydrogen-bond acceptors (Lipinski definition) is 6. The summed E-state index contributed by atoms with van der Waals surface area (Å²) in [5.74, 6) is -0.986. The number of nitrogens with zero attached hydrogens (tertiary/aromatic N) is 5. The molecule has 0 saturated carbocycles. The zero-order chi connectivity index (χ0) is 23.7. The van der Waals surface area contributed by atoms with Crippen molar-refractivity contribution in [3.8, 4) is 28.3 Å². The van der Waals surface area contributed by atoms with Crippen molar-refractivity contribution in [3.63, 3.8) is 0 Å². The van der Waals surface area contributed by atoms with Crippen LogP contribution in [0.3, 0.4) is 0 Å². The van der Waals surface area contributed by atoms with Crippen molar-refractivity contribution in [2.45, 2.75) is 6.18 Å². The molecule has 1 saturated heterocycles. The van der Waals surface area contributed by atoms with Crippen LogP contribution in [0, 0.1) is 0 Å². The Morgan fingerprint density at radius 1 is 1.00 bits per heavy atom. The average Bonchev–Trinajstić information content (AvgIpc) is 3.52. The SMILES string of the molecule is O=C(c1ccc(-n2cnc(-c3c(-c4ccccc4)noc3C(F)(F)F)c2)nc1)N1CCOCC1. The van der Waals surface area contributed by atoms with E-state index in [-0.39, 0.29) is 22.9 Å². The Labute approximate surface area is 191 Å². The maximum Gasteiger partial charge on any atom is 0.453 e. The lowest BCUT2D eigenvalue weighted by molar-refractivity contribution is -0.154. The Balaban J connectivity index is 1.46. The lowest BCUT2D eigenvalue weighted by atomic mass is 10.0. The van der Waals surface area contributed by atoms with Crippen molar-refractivity contribution in [2.75, 3.05) is 26.3 Å². The van der Waals surface area contributed by atoms with E-state index in [4.69, 9.17) is 9.26 Å². The number of imidazole rings is 1. The van der Waals surface area contributed by atoms with Gasteiger partial charge in [0.1, 0.15) is 17.8 Å². The summed E-state index contributed by atoms with van der Waals surface area (Å²) < 4.78 is 52.4. The van der Waals surface area contributed by atoms with Crippen LogP contribution in [-0.2, 0) is 10.9 Å². The van der Waals surface area contributed by atoms with E-state index < -0.39 is 11.9 Å². The first kappa shape index (κ1) is 21.8. The summed E-state index contributed by atoms with van der Waals surface area (Å²) in [5, 5.41) is 3.68. The molecule has 4 heterocycles. The number of amides is 1.